The molecule has 1 rings (SSSR count). The predicted molar refractivity (Wildman–Crippen MR) is 108 cm³/mol. The van der Waals surface area contributed by atoms with Crippen molar-refractivity contribution in [3.05, 3.63) is 35.4 Å². The number of unbranched alkanes of at least 4 members (excludes halogenated alkanes) is 1. The van der Waals surface area contributed by atoms with Crippen molar-refractivity contribution in [1.29, 1.82) is 0 Å². The van der Waals surface area contributed by atoms with Gasteiger partial charge in [-0.1, -0.05) is 37.6 Å². The van der Waals surface area contributed by atoms with Crippen LogP contribution in [0, 0.1) is 5.41 Å². The van der Waals surface area contributed by atoms with Crippen LogP contribution < -0.4 is 0 Å². The van der Waals surface area contributed by atoms with Crippen LogP contribution in [0.4, 0.5) is 0 Å². The van der Waals surface area contributed by atoms with Gasteiger partial charge in [0.1, 0.15) is 18.6 Å². The molecule has 0 amide bonds. The molecule has 0 radical (unpaired) electrons. The van der Waals surface area contributed by atoms with Gasteiger partial charge in [-0.05, 0) is 35.3 Å². The van der Waals surface area contributed by atoms with E-state index in [0.717, 1.165) is 34.8 Å². The smallest absolute Gasteiger partial charge is 0.317 e. The van der Waals surface area contributed by atoms with Crippen molar-refractivity contribution >= 4 is 32.1 Å². The Morgan fingerprint density at radius 1 is 1.18 bits per heavy atom. The summed E-state index contributed by atoms with van der Waals surface area (Å²) in [6.45, 7) is 4.53. The van der Waals surface area contributed by atoms with Crippen molar-refractivity contribution < 1.29 is 32.2 Å². The number of benzene rings is 1. The monoisotopic (exact) mass is 432 g/mol. The largest absolute Gasteiger partial charge is 0.467 e. The quantitative estimate of drug-likeness (QED) is 0.192. The van der Waals surface area contributed by atoms with Crippen molar-refractivity contribution in [2.24, 2.45) is 5.41 Å². The predicted octanol–water partition coefficient (Wildman–Crippen LogP) is 2.92. The maximum Gasteiger partial charge on any atom is 0.317 e. The average Bonchev–Trinajstić information content (AvgIpc) is 2.66. The van der Waals surface area contributed by atoms with Gasteiger partial charge in [-0.3, -0.25) is 9.59 Å². The lowest BCUT2D eigenvalue weighted by molar-refractivity contribution is -0.165. The van der Waals surface area contributed by atoms with Gasteiger partial charge < -0.3 is 14.2 Å². The zero-order chi connectivity index (χ0) is 21.0. The topological polar surface area (TPSA) is 96.0 Å². The van der Waals surface area contributed by atoms with Crippen LogP contribution >= 0.6 is 10.8 Å². The number of hydrogen-bond donors (Lipinski definition) is 0. The van der Waals surface area contributed by atoms with E-state index in [1.807, 2.05) is 6.92 Å². The van der Waals surface area contributed by atoms with Crippen LogP contribution in [0.5, 0.6) is 0 Å². The second kappa shape index (κ2) is 12.1. The molecule has 1 aromatic rings. The molecule has 158 valence electrons. The van der Waals surface area contributed by atoms with Crippen molar-refractivity contribution in [1.82, 2.24) is 0 Å². The Morgan fingerprint density at radius 3 is 2.39 bits per heavy atom. The Kier molecular flexibility index (Phi) is 10.6. The first-order valence-electron chi connectivity index (χ1n) is 8.92. The van der Waals surface area contributed by atoms with Gasteiger partial charge in [0.05, 0.1) is 6.61 Å². The van der Waals surface area contributed by atoms with Crippen molar-refractivity contribution in [2.45, 2.75) is 39.0 Å². The van der Waals surface area contributed by atoms with Gasteiger partial charge in [0.15, 0.2) is 8.87 Å². The lowest BCUT2D eigenvalue weighted by atomic mass is 9.93. The van der Waals surface area contributed by atoms with Gasteiger partial charge in [0, 0.05) is 18.6 Å². The third kappa shape index (κ3) is 9.57. The Bertz CT molecular complexity index is 716. The zero-order valence-electron chi connectivity index (χ0n) is 16.5. The molecule has 0 aliphatic carbocycles. The van der Waals surface area contributed by atoms with Gasteiger partial charge in [0.2, 0.25) is 0 Å². The minimum Gasteiger partial charge on any atom is -0.467 e. The average molecular weight is 433 g/mol. The molecule has 0 aliphatic rings. The van der Waals surface area contributed by atoms with Crippen LogP contribution in [-0.2, 0) is 45.0 Å². The van der Waals surface area contributed by atoms with E-state index >= 15 is 0 Å². The molecule has 1 aromatic carbocycles. The molecule has 0 bridgehead atoms. The fourth-order valence-corrected chi connectivity index (χ4v) is 3.74. The molecule has 1 atom stereocenters. The summed E-state index contributed by atoms with van der Waals surface area (Å²) >= 11 is 0. The Labute approximate surface area is 170 Å². The van der Waals surface area contributed by atoms with Crippen molar-refractivity contribution in [3.63, 3.8) is 0 Å². The first-order valence-corrected chi connectivity index (χ1v) is 12.3. The molecule has 28 heavy (non-hydrogen) atoms. The summed E-state index contributed by atoms with van der Waals surface area (Å²) in [5, 5.41) is 0. The molecule has 0 saturated heterocycles. The standard InChI is InChI=1S/C19H28O7S2/c1-4-5-10-24-13-19(2,14-25-15-20)18(21)26-11-16-6-8-17(9-7-16)12-27-28(3,22)23/h6-9,15H,4-5,10-14H2,1-3H3. The zero-order valence-corrected chi connectivity index (χ0v) is 18.1. The summed E-state index contributed by atoms with van der Waals surface area (Å²) in [6.07, 6.45) is 3.02. The van der Waals surface area contributed by atoms with Gasteiger partial charge in [-0.25, -0.2) is 8.42 Å². The van der Waals surface area contributed by atoms with Crippen LogP contribution in [0.15, 0.2) is 24.3 Å². The highest BCUT2D eigenvalue weighted by molar-refractivity contribution is 8.71. The molecule has 0 spiro atoms. The highest BCUT2D eigenvalue weighted by Crippen LogP contribution is 2.22. The normalized spacial score (nSPS) is 13.5. The van der Waals surface area contributed by atoms with Crippen LogP contribution in [0.3, 0.4) is 0 Å². The van der Waals surface area contributed by atoms with Crippen LogP contribution in [0.2, 0.25) is 0 Å². The fraction of sp³-hybridized carbons (Fsp3) is 0.579. The maximum absolute atomic E-state index is 12.5. The third-order valence-electron chi connectivity index (χ3n) is 3.86. The highest BCUT2D eigenvalue weighted by atomic mass is 33.1. The van der Waals surface area contributed by atoms with E-state index < -0.39 is 20.3 Å². The van der Waals surface area contributed by atoms with Crippen LogP contribution in [0.25, 0.3) is 0 Å². The molecule has 0 N–H and O–H groups in total. The molecule has 0 aliphatic heterocycles. The number of hydrogen-bond acceptors (Lipinski definition) is 8. The summed E-state index contributed by atoms with van der Waals surface area (Å²) in [5.74, 6) is -0.155. The Morgan fingerprint density at radius 2 is 1.82 bits per heavy atom. The van der Waals surface area contributed by atoms with Gasteiger partial charge >= 0.3 is 5.97 Å². The van der Waals surface area contributed by atoms with E-state index in [9.17, 15) is 18.0 Å². The van der Waals surface area contributed by atoms with E-state index in [1.165, 1.54) is 6.26 Å². The number of ether oxygens (including phenoxy) is 3. The maximum atomic E-state index is 12.5. The number of esters is 1. The summed E-state index contributed by atoms with van der Waals surface area (Å²) < 4.78 is 38.1. The molecule has 0 fully saturated rings. The third-order valence-corrected chi connectivity index (χ3v) is 6.38. The van der Waals surface area contributed by atoms with E-state index in [1.54, 1.807) is 31.2 Å². The summed E-state index contributed by atoms with van der Waals surface area (Å²) in [4.78, 5) is 23.0. The molecule has 7 nitrogen and oxygen atoms in total. The lowest BCUT2D eigenvalue weighted by Gasteiger charge is -2.26. The minimum atomic E-state index is -3.09. The minimum absolute atomic E-state index is 0.0595. The van der Waals surface area contributed by atoms with Crippen molar-refractivity contribution in [3.8, 4) is 0 Å². The summed E-state index contributed by atoms with van der Waals surface area (Å²) in [6, 6.07) is 7.15. The Balaban J connectivity index is 2.60. The summed E-state index contributed by atoms with van der Waals surface area (Å²) in [5.41, 5.74) is 0.548. The molecule has 9 heteroatoms. The summed E-state index contributed by atoms with van der Waals surface area (Å²) in [7, 11) is -2.23. The number of carbonyl (C=O) groups excluding carboxylic acids is 2. The molecule has 0 aromatic heterocycles. The molecule has 0 saturated carbocycles. The van der Waals surface area contributed by atoms with Gasteiger partial charge in [0.25, 0.3) is 6.47 Å². The Hall–Kier alpha value is -1.58. The van der Waals surface area contributed by atoms with E-state index in [2.05, 4.69) is 0 Å². The second-order valence-electron chi connectivity index (χ2n) is 6.73. The lowest BCUT2D eigenvalue weighted by Crippen LogP contribution is -2.39. The molecule has 0 heterocycles. The van der Waals surface area contributed by atoms with E-state index in [0.29, 0.717) is 18.8 Å². The van der Waals surface area contributed by atoms with Crippen molar-refractivity contribution in [2.75, 3.05) is 26.1 Å². The fourth-order valence-electron chi connectivity index (χ4n) is 2.15. The second-order valence-corrected chi connectivity index (χ2v) is 11.2. The number of carbonyl (C=O) groups is 2. The van der Waals surface area contributed by atoms with Crippen LogP contribution in [0.1, 0.15) is 37.8 Å². The number of rotatable bonds is 14. The van der Waals surface area contributed by atoms with E-state index in [-0.39, 0.29) is 19.8 Å². The van der Waals surface area contributed by atoms with Crippen LogP contribution in [-0.4, -0.2) is 46.9 Å². The van der Waals surface area contributed by atoms with E-state index in [4.69, 9.17) is 14.2 Å². The molecular formula is C19H28O7S2. The van der Waals surface area contributed by atoms with Gasteiger partial charge in [-0.15, -0.1) is 0 Å². The van der Waals surface area contributed by atoms with Gasteiger partial charge in [-0.2, -0.15) is 0 Å². The highest BCUT2D eigenvalue weighted by Gasteiger charge is 2.36. The first kappa shape index (κ1) is 24.5. The first-order chi connectivity index (χ1) is 13.2. The molecule has 1 unspecified atom stereocenters. The molecular weight excluding hydrogens is 404 g/mol. The SMILES string of the molecule is CCCCOCC(C)(COC=O)C(=O)OCc1ccc(CSS(C)(=O)=O)cc1.